The molecule has 3 nitrogen and oxygen atoms in total. The number of rotatable bonds is 6. The van der Waals surface area contributed by atoms with E-state index in [0.29, 0.717) is 5.92 Å². The molecular weight excluding hydrogens is 272 g/mol. The van der Waals surface area contributed by atoms with E-state index in [9.17, 15) is 0 Å². The lowest BCUT2D eigenvalue weighted by Gasteiger charge is -2.33. The van der Waals surface area contributed by atoms with Crippen LogP contribution >= 0.6 is 11.6 Å². The van der Waals surface area contributed by atoms with E-state index in [1.165, 1.54) is 5.56 Å². The molecule has 1 saturated heterocycles. The van der Waals surface area contributed by atoms with Crippen LogP contribution in [0.15, 0.2) is 24.3 Å². The van der Waals surface area contributed by atoms with E-state index >= 15 is 0 Å². The summed E-state index contributed by atoms with van der Waals surface area (Å²) in [7, 11) is 0. The summed E-state index contributed by atoms with van der Waals surface area (Å²) in [5.74, 6) is 0.596. The summed E-state index contributed by atoms with van der Waals surface area (Å²) in [6.45, 7) is 4.51. The van der Waals surface area contributed by atoms with Crippen molar-refractivity contribution in [1.82, 2.24) is 4.90 Å². The molecule has 0 amide bonds. The van der Waals surface area contributed by atoms with Gasteiger partial charge in [0.25, 0.3) is 0 Å². The van der Waals surface area contributed by atoms with Crippen molar-refractivity contribution in [3.8, 4) is 0 Å². The average Bonchev–Trinajstić information content (AvgIpc) is 2.90. The van der Waals surface area contributed by atoms with Crippen LogP contribution in [0.3, 0.4) is 0 Å². The van der Waals surface area contributed by atoms with Gasteiger partial charge in [0.15, 0.2) is 0 Å². The van der Waals surface area contributed by atoms with Crippen molar-refractivity contribution < 1.29 is 5.11 Å². The lowest BCUT2D eigenvalue weighted by Crippen LogP contribution is -2.39. The van der Waals surface area contributed by atoms with Crippen LogP contribution in [0, 0.1) is 5.92 Å². The van der Waals surface area contributed by atoms with Crippen LogP contribution in [-0.4, -0.2) is 35.7 Å². The molecule has 3 unspecified atom stereocenters. The van der Waals surface area contributed by atoms with Crippen LogP contribution in [-0.2, 0) is 0 Å². The first kappa shape index (κ1) is 15.8. The molecule has 1 aliphatic rings. The first-order valence-corrected chi connectivity index (χ1v) is 7.89. The highest BCUT2D eigenvalue weighted by Crippen LogP contribution is 2.32. The lowest BCUT2D eigenvalue weighted by atomic mass is 9.96. The predicted molar refractivity (Wildman–Crippen MR) is 83.8 cm³/mol. The van der Waals surface area contributed by atoms with Crippen molar-refractivity contribution in [2.75, 3.05) is 19.7 Å². The zero-order valence-corrected chi connectivity index (χ0v) is 12.9. The van der Waals surface area contributed by atoms with Gasteiger partial charge in [0, 0.05) is 30.3 Å². The smallest absolute Gasteiger partial charge is 0.0499 e. The van der Waals surface area contributed by atoms with Gasteiger partial charge in [0.2, 0.25) is 0 Å². The number of likely N-dealkylation sites (tertiary alicyclic amines) is 1. The Morgan fingerprint density at radius 2 is 2.10 bits per heavy atom. The topological polar surface area (TPSA) is 49.5 Å². The highest BCUT2D eigenvalue weighted by atomic mass is 35.5. The second kappa shape index (κ2) is 7.41. The molecule has 3 N–H and O–H groups in total. The second-order valence-corrected chi connectivity index (χ2v) is 6.17. The van der Waals surface area contributed by atoms with Gasteiger partial charge in [0.1, 0.15) is 0 Å². The fraction of sp³-hybridized carbons (Fsp3) is 0.625. The number of aliphatic hydroxyl groups excluding tert-OH is 1. The number of benzene rings is 1. The highest BCUT2D eigenvalue weighted by Gasteiger charge is 2.31. The van der Waals surface area contributed by atoms with Crippen molar-refractivity contribution in [3.63, 3.8) is 0 Å². The van der Waals surface area contributed by atoms with Crippen molar-refractivity contribution in [3.05, 3.63) is 34.9 Å². The maximum atomic E-state index is 9.10. The van der Waals surface area contributed by atoms with Crippen LogP contribution in [0.2, 0.25) is 5.02 Å². The van der Waals surface area contributed by atoms with E-state index in [1.54, 1.807) is 0 Å². The third kappa shape index (κ3) is 3.73. The molecule has 0 radical (unpaired) electrons. The minimum Gasteiger partial charge on any atom is -0.396 e. The molecule has 1 heterocycles. The number of aliphatic hydroxyl groups is 1. The molecule has 3 atom stereocenters. The quantitative estimate of drug-likeness (QED) is 0.849. The molecule has 1 aromatic rings. The summed E-state index contributed by atoms with van der Waals surface area (Å²) in [6, 6.07) is 8.43. The molecule has 0 bridgehead atoms. The molecule has 0 spiro atoms. The van der Waals surface area contributed by atoms with Gasteiger partial charge in [-0.25, -0.2) is 0 Å². The van der Waals surface area contributed by atoms with Crippen molar-refractivity contribution in [2.45, 2.75) is 38.3 Å². The van der Waals surface area contributed by atoms with Gasteiger partial charge in [-0.15, -0.1) is 0 Å². The van der Waals surface area contributed by atoms with E-state index < -0.39 is 0 Å². The monoisotopic (exact) mass is 296 g/mol. The molecule has 1 fully saturated rings. The maximum Gasteiger partial charge on any atom is 0.0499 e. The fourth-order valence-electron chi connectivity index (χ4n) is 3.15. The minimum absolute atomic E-state index is 0.129. The summed E-state index contributed by atoms with van der Waals surface area (Å²) in [4.78, 5) is 2.47. The van der Waals surface area contributed by atoms with Crippen LogP contribution in [0.5, 0.6) is 0 Å². The molecule has 1 aromatic carbocycles. The normalized spacial score (nSPS) is 22.9. The maximum absolute atomic E-state index is 9.10. The van der Waals surface area contributed by atoms with Gasteiger partial charge in [-0.3, -0.25) is 4.90 Å². The fourth-order valence-corrected chi connectivity index (χ4v) is 3.27. The molecule has 4 heteroatoms. The zero-order chi connectivity index (χ0) is 14.5. The van der Waals surface area contributed by atoms with Gasteiger partial charge in [-0.2, -0.15) is 0 Å². The minimum atomic E-state index is 0.129. The predicted octanol–water partition coefficient (Wildman–Crippen LogP) is 2.82. The summed E-state index contributed by atoms with van der Waals surface area (Å²) in [5.41, 5.74) is 7.61. The van der Waals surface area contributed by atoms with E-state index in [4.69, 9.17) is 22.4 Å². The number of hydrogen-bond acceptors (Lipinski definition) is 3. The average molecular weight is 297 g/mol. The summed E-state index contributed by atoms with van der Waals surface area (Å²) >= 11 is 5.98. The first-order chi connectivity index (χ1) is 9.65. The Morgan fingerprint density at radius 1 is 1.40 bits per heavy atom. The number of halogens is 1. The number of nitrogens with two attached hydrogens (primary N) is 1. The third-order valence-corrected chi connectivity index (χ3v) is 4.59. The summed E-state index contributed by atoms with van der Waals surface area (Å²) in [5, 5.41) is 9.86. The van der Waals surface area contributed by atoms with E-state index in [1.807, 2.05) is 12.1 Å². The van der Waals surface area contributed by atoms with Gasteiger partial charge >= 0.3 is 0 Å². The molecule has 0 aliphatic carbocycles. The van der Waals surface area contributed by atoms with E-state index in [2.05, 4.69) is 24.0 Å². The van der Waals surface area contributed by atoms with Gasteiger partial charge in [-0.05, 0) is 49.4 Å². The Labute approximate surface area is 126 Å². The third-order valence-electron chi connectivity index (χ3n) is 4.34. The zero-order valence-electron chi connectivity index (χ0n) is 12.1. The Bertz CT molecular complexity index is 409. The summed E-state index contributed by atoms with van der Waals surface area (Å²) < 4.78 is 0. The molecule has 0 aromatic heterocycles. The molecule has 0 saturated carbocycles. The standard InChI is InChI=1S/C16H25ClN2O/c1-2-15(18)16(13-3-5-14(17)6-4-13)19-9-7-12(11-19)8-10-20/h3-6,12,15-16,20H,2,7-11,18H2,1H3. The molecule has 1 aliphatic heterocycles. The number of hydrogen-bond donors (Lipinski definition) is 2. The number of nitrogens with zero attached hydrogens (tertiary/aromatic N) is 1. The molecule has 2 rings (SSSR count). The molecule has 20 heavy (non-hydrogen) atoms. The van der Waals surface area contributed by atoms with Crippen LogP contribution in [0.1, 0.15) is 37.8 Å². The SMILES string of the molecule is CCC(N)C(c1ccc(Cl)cc1)N1CCC(CCO)C1. The van der Waals surface area contributed by atoms with Crippen molar-refractivity contribution >= 4 is 11.6 Å². The Morgan fingerprint density at radius 3 is 2.70 bits per heavy atom. The highest BCUT2D eigenvalue weighted by molar-refractivity contribution is 6.30. The van der Waals surface area contributed by atoms with Crippen LogP contribution in [0.25, 0.3) is 0 Å². The van der Waals surface area contributed by atoms with Crippen LogP contribution in [0.4, 0.5) is 0 Å². The van der Waals surface area contributed by atoms with Gasteiger partial charge in [-0.1, -0.05) is 30.7 Å². The van der Waals surface area contributed by atoms with E-state index in [0.717, 1.165) is 37.4 Å². The Kier molecular flexibility index (Phi) is 5.85. The van der Waals surface area contributed by atoms with E-state index in [-0.39, 0.29) is 18.7 Å². The Hall–Kier alpha value is -0.610. The summed E-state index contributed by atoms with van der Waals surface area (Å²) in [6.07, 6.45) is 3.00. The molecular formula is C16H25ClN2O. The van der Waals surface area contributed by atoms with Crippen molar-refractivity contribution in [1.29, 1.82) is 0 Å². The first-order valence-electron chi connectivity index (χ1n) is 7.51. The van der Waals surface area contributed by atoms with Crippen LogP contribution < -0.4 is 5.73 Å². The van der Waals surface area contributed by atoms with Gasteiger partial charge < -0.3 is 10.8 Å². The largest absolute Gasteiger partial charge is 0.396 e. The Balaban J connectivity index is 2.14. The second-order valence-electron chi connectivity index (χ2n) is 5.73. The van der Waals surface area contributed by atoms with Crippen molar-refractivity contribution in [2.24, 2.45) is 11.7 Å². The van der Waals surface area contributed by atoms with Gasteiger partial charge in [0.05, 0.1) is 0 Å². The lowest BCUT2D eigenvalue weighted by molar-refractivity contribution is 0.193. The molecule has 112 valence electrons.